The van der Waals surface area contributed by atoms with Crippen LogP contribution in [0.1, 0.15) is 51.1 Å². The molecular weight excluding hydrogens is 282 g/mol. The van der Waals surface area contributed by atoms with Crippen LogP contribution in [0, 0.1) is 0 Å². The van der Waals surface area contributed by atoms with E-state index in [0.717, 1.165) is 17.7 Å². The van der Waals surface area contributed by atoms with Gasteiger partial charge in [0.25, 0.3) is 0 Å². The predicted octanol–water partition coefficient (Wildman–Crippen LogP) is 3.51. The van der Waals surface area contributed by atoms with Gasteiger partial charge in [0.2, 0.25) is 0 Å². The molecule has 116 valence electrons. The van der Waals surface area contributed by atoms with Gasteiger partial charge in [-0.1, -0.05) is 19.8 Å². The monoisotopic (exact) mass is 307 g/mol. The molecule has 0 aromatic carbocycles. The van der Waals surface area contributed by atoms with E-state index in [1.165, 1.54) is 19.3 Å². The molecule has 21 heavy (non-hydrogen) atoms. The van der Waals surface area contributed by atoms with Gasteiger partial charge in [0, 0.05) is 23.7 Å². The maximum absolute atomic E-state index is 12.2. The van der Waals surface area contributed by atoms with E-state index in [1.807, 2.05) is 30.8 Å². The minimum absolute atomic E-state index is 0.00568. The molecule has 4 nitrogen and oxygen atoms in total. The van der Waals surface area contributed by atoms with Gasteiger partial charge in [-0.3, -0.25) is 4.98 Å². The molecule has 0 radical (unpaired) electrons. The molecule has 2 rings (SSSR count). The molecule has 3 atom stereocenters. The lowest BCUT2D eigenvalue weighted by Crippen LogP contribution is -2.48. The molecule has 1 aliphatic carbocycles. The number of hydrogen-bond acceptors (Lipinski definition) is 3. The SMILES string of the molecule is CCSC1CCCCC1NC(=O)NC(C)c1ccncc1. The van der Waals surface area contributed by atoms with E-state index in [2.05, 4.69) is 22.5 Å². The minimum Gasteiger partial charge on any atom is -0.334 e. The van der Waals surface area contributed by atoms with Crippen molar-refractivity contribution in [2.24, 2.45) is 0 Å². The number of carbonyl (C=O) groups is 1. The highest BCUT2D eigenvalue weighted by Crippen LogP contribution is 2.28. The molecule has 1 heterocycles. The van der Waals surface area contributed by atoms with E-state index in [0.29, 0.717) is 11.3 Å². The van der Waals surface area contributed by atoms with Crippen LogP contribution in [0.5, 0.6) is 0 Å². The number of urea groups is 1. The first-order valence-corrected chi connectivity index (χ1v) is 8.84. The first-order valence-electron chi connectivity index (χ1n) is 7.79. The molecule has 1 aromatic rings. The third-order valence-electron chi connectivity index (χ3n) is 3.95. The highest BCUT2D eigenvalue weighted by atomic mass is 32.2. The number of nitrogens with one attached hydrogen (secondary N) is 2. The number of rotatable bonds is 5. The summed E-state index contributed by atoms with van der Waals surface area (Å²) in [4.78, 5) is 16.2. The Bertz CT molecular complexity index is 438. The minimum atomic E-state index is -0.0621. The van der Waals surface area contributed by atoms with Gasteiger partial charge in [-0.05, 0) is 43.2 Å². The molecule has 2 N–H and O–H groups in total. The average molecular weight is 307 g/mol. The van der Waals surface area contributed by atoms with Gasteiger partial charge in [0.1, 0.15) is 0 Å². The first kappa shape index (κ1) is 16.1. The standard InChI is InChI=1S/C16H25N3OS/c1-3-21-15-7-5-4-6-14(15)19-16(20)18-12(2)13-8-10-17-11-9-13/h8-12,14-15H,3-7H2,1-2H3,(H2,18,19,20). The molecule has 0 spiro atoms. The lowest BCUT2D eigenvalue weighted by molar-refractivity contribution is 0.230. The first-order chi connectivity index (χ1) is 10.2. The van der Waals surface area contributed by atoms with E-state index in [1.54, 1.807) is 12.4 Å². The topological polar surface area (TPSA) is 54.0 Å². The lowest BCUT2D eigenvalue weighted by Gasteiger charge is -2.32. The maximum atomic E-state index is 12.2. The Balaban J connectivity index is 1.85. The van der Waals surface area contributed by atoms with Crippen LogP contribution in [-0.2, 0) is 0 Å². The highest BCUT2D eigenvalue weighted by Gasteiger charge is 2.26. The fourth-order valence-corrected chi connectivity index (χ4v) is 4.02. The maximum Gasteiger partial charge on any atom is 0.315 e. The van der Waals surface area contributed by atoms with Gasteiger partial charge in [0.15, 0.2) is 0 Å². The molecule has 0 aliphatic heterocycles. The predicted molar refractivity (Wildman–Crippen MR) is 88.5 cm³/mol. The highest BCUT2D eigenvalue weighted by molar-refractivity contribution is 7.99. The number of carbonyl (C=O) groups excluding carboxylic acids is 1. The van der Waals surface area contributed by atoms with Crippen LogP contribution in [0.2, 0.25) is 0 Å². The molecule has 3 unspecified atom stereocenters. The van der Waals surface area contributed by atoms with Gasteiger partial charge in [-0.2, -0.15) is 11.8 Å². The van der Waals surface area contributed by atoms with Crippen LogP contribution in [0.3, 0.4) is 0 Å². The zero-order valence-corrected chi connectivity index (χ0v) is 13.7. The Morgan fingerprint density at radius 2 is 2.10 bits per heavy atom. The number of aromatic nitrogens is 1. The average Bonchev–Trinajstić information content (AvgIpc) is 2.50. The Morgan fingerprint density at radius 1 is 1.38 bits per heavy atom. The third-order valence-corrected chi connectivity index (χ3v) is 5.28. The van der Waals surface area contributed by atoms with Crippen molar-refractivity contribution in [3.63, 3.8) is 0 Å². The molecule has 0 saturated heterocycles. The molecular formula is C16H25N3OS. The Morgan fingerprint density at radius 3 is 2.81 bits per heavy atom. The fourth-order valence-electron chi connectivity index (χ4n) is 2.82. The van der Waals surface area contributed by atoms with Crippen molar-refractivity contribution >= 4 is 17.8 Å². The Kier molecular flexibility index (Phi) is 6.36. The molecule has 1 saturated carbocycles. The molecule has 2 amide bonds. The Labute approximate surface area is 131 Å². The van der Waals surface area contributed by atoms with Gasteiger partial charge < -0.3 is 10.6 Å². The fraction of sp³-hybridized carbons (Fsp3) is 0.625. The summed E-state index contributed by atoms with van der Waals surface area (Å²) in [5, 5.41) is 6.75. The van der Waals surface area contributed by atoms with Gasteiger partial charge in [-0.25, -0.2) is 4.79 Å². The Hall–Kier alpha value is -1.23. The number of nitrogens with zero attached hydrogens (tertiary/aromatic N) is 1. The zero-order valence-electron chi connectivity index (χ0n) is 12.8. The molecule has 0 bridgehead atoms. The number of hydrogen-bond donors (Lipinski definition) is 2. The van der Waals surface area contributed by atoms with Crippen molar-refractivity contribution < 1.29 is 4.79 Å². The van der Waals surface area contributed by atoms with Crippen molar-refractivity contribution in [3.05, 3.63) is 30.1 Å². The largest absolute Gasteiger partial charge is 0.334 e. The van der Waals surface area contributed by atoms with E-state index >= 15 is 0 Å². The third kappa shape index (κ3) is 4.92. The number of amides is 2. The second-order valence-electron chi connectivity index (χ2n) is 5.50. The van der Waals surface area contributed by atoms with E-state index in [9.17, 15) is 4.79 Å². The quantitative estimate of drug-likeness (QED) is 0.875. The second-order valence-corrected chi connectivity index (χ2v) is 7.02. The van der Waals surface area contributed by atoms with Crippen molar-refractivity contribution in [3.8, 4) is 0 Å². The normalized spacial score (nSPS) is 23.3. The van der Waals surface area contributed by atoms with E-state index < -0.39 is 0 Å². The summed E-state index contributed by atoms with van der Waals surface area (Å²) in [6.45, 7) is 4.18. The van der Waals surface area contributed by atoms with Crippen LogP contribution in [-0.4, -0.2) is 28.1 Å². The summed E-state index contributed by atoms with van der Waals surface area (Å²) in [5.41, 5.74) is 1.07. The number of thioether (sulfide) groups is 1. The summed E-state index contributed by atoms with van der Waals surface area (Å²) >= 11 is 1.97. The van der Waals surface area contributed by atoms with E-state index in [4.69, 9.17) is 0 Å². The second kappa shape index (κ2) is 8.27. The van der Waals surface area contributed by atoms with Crippen LogP contribution in [0.25, 0.3) is 0 Å². The van der Waals surface area contributed by atoms with Crippen molar-refractivity contribution in [1.29, 1.82) is 0 Å². The summed E-state index contributed by atoms with van der Waals surface area (Å²) in [6, 6.07) is 4.10. The van der Waals surface area contributed by atoms with Crippen LogP contribution in [0.4, 0.5) is 4.79 Å². The van der Waals surface area contributed by atoms with E-state index in [-0.39, 0.29) is 12.1 Å². The van der Waals surface area contributed by atoms with Crippen LogP contribution < -0.4 is 10.6 Å². The molecule has 1 aromatic heterocycles. The van der Waals surface area contributed by atoms with Crippen LogP contribution in [0.15, 0.2) is 24.5 Å². The molecule has 1 fully saturated rings. The number of pyridine rings is 1. The van der Waals surface area contributed by atoms with Crippen molar-refractivity contribution in [1.82, 2.24) is 15.6 Å². The summed E-state index contributed by atoms with van der Waals surface area (Å²) in [7, 11) is 0. The van der Waals surface area contributed by atoms with Crippen LogP contribution >= 0.6 is 11.8 Å². The van der Waals surface area contributed by atoms with Gasteiger partial charge >= 0.3 is 6.03 Å². The smallest absolute Gasteiger partial charge is 0.315 e. The van der Waals surface area contributed by atoms with Gasteiger partial charge in [0.05, 0.1) is 6.04 Å². The lowest BCUT2D eigenvalue weighted by atomic mass is 9.95. The van der Waals surface area contributed by atoms with Crippen molar-refractivity contribution in [2.45, 2.75) is 56.9 Å². The summed E-state index contributed by atoms with van der Waals surface area (Å²) in [6.07, 6.45) is 8.30. The molecule has 1 aliphatic rings. The summed E-state index contributed by atoms with van der Waals surface area (Å²) < 4.78 is 0. The van der Waals surface area contributed by atoms with Crippen molar-refractivity contribution in [2.75, 3.05) is 5.75 Å². The summed E-state index contributed by atoms with van der Waals surface area (Å²) in [5.74, 6) is 1.11. The zero-order chi connectivity index (χ0) is 15.1. The van der Waals surface area contributed by atoms with Gasteiger partial charge in [-0.15, -0.1) is 0 Å². The molecule has 5 heteroatoms.